The number of amides is 1. The third kappa shape index (κ3) is 4.26. The van der Waals surface area contributed by atoms with Crippen molar-refractivity contribution < 1.29 is 9.53 Å². The Morgan fingerprint density at radius 3 is 2.25 bits per heavy atom. The van der Waals surface area contributed by atoms with Crippen LogP contribution in [-0.2, 0) is 17.8 Å². The molecule has 0 saturated heterocycles. The minimum atomic E-state index is -0.213. The first-order valence-corrected chi connectivity index (χ1v) is 6.51. The second kappa shape index (κ2) is 6.93. The van der Waals surface area contributed by atoms with Gasteiger partial charge in [-0.2, -0.15) is 0 Å². The van der Waals surface area contributed by atoms with Crippen LogP contribution >= 0.6 is 11.6 Å². The van der Waals surface area contributed by atoms with Crippen molar-refractivity contribution in [3.05, 3.63) is 64.7 Å². The third-order valence-corrected chi connectivity index (χ3v) is 3.02. The molecule has 2 rings (SSSR count). The molecule has 3 N–H and O–H groups in total. The summed E-state index contributed by atoms with van der Waals surface area (Å²) in [6.45, 7) is 0.463. The topological polar surface area (TPSA) is 64.3 Å². The standard InChI is InChI=1S/C15H15ClN2O2/c16-13-5-7-14(8-6-13)20-10-12-3-1-11(2-4-12)9-15(19)18-17/h1-8H,9-10,17H2,(H,18,19). The smallest absolute Gasteiger partial charge is 0.238 e. The minimum Gasteiger partial charge on any atom is -0.489 e. The number of hydrogen-bond acceptors (Lipinski definition) is 3. The van der Waals surface area contributed by atoms with Crippen molar-refractivity contribution in [3.63, 3.8) is 0 Å². The lowest BCUT2D eigenvalue weighted by atomic mass is 10.1. The molecule has 2 aromatic rings. The van der Waals surface area contributed by atoms with Crippen LogP contribution in [0.5, 0.6) is 5.75 Å². The highest BCUT2D eigenvalue weighted by atomic mass is 35.5. The molecule has 104 valence electrons. The Morgan fingerprint density at radius 1 is 1.05 bits per heavy atom. The first kappa shape index (κ1) is 14.4. The fourth-order valence-electron chi connectivity index (χ4n) is 1.69. The maximum atomic E-state index is 11.1. The summed E-state index contributed by atoms with van der Waals surface area (Å²) in [5, 5.41) is 0.680. The van der Waals surface area contributed by atoms with Crippen LogP contribution in [0.4, 0.5) is 0 Å². The number of nitrogens with one attached hydrogen (secondary N) is 1. The largest absolute Gasteiger partial charge is 0.489 e. The molecule has 0 radical (unpaired) electrons. The van der Waals surface area contributed by atoms with E-state index in [1.807, 2.05) is 36.4 Å². The van der Waals surface area contributed by atoms with Crippen molar-refractivity contribution in [1.82, 2.24) is 5.43 Å². The number of hydrogen-bond donors (Lipinski definition) is 2. The van der Waals surface area contributed by atoms with E-state index >= 15 is 0 Å². The molecule has 0 saturated carbocycles. The highest BCUT2D eigenvalue weighted by Crippen LogP contribution is 2.17. The molecule has 1 amide bonds. The lowest BCUT2D eigenvalue weighted by Crippen LogP contribution is -2.31. The summed E-state index contributed by atoms with van der Waals surface area (Å²) in [5.74, 6) is 5.60. The first-order valence-electron chi connectivity index (χ1n) is 6.13. The van der Waals surface area contributed by atoms with E-state index in [1.54, 1.807) is 12.1 Å². The molecular weight excluding hydrogens is 276 g/mol. The molecule has 0 heterocycles. The Kier molecular flexibility index (Phi) is 4.98. The summed E-state index contributed by atoms with van der Waals surface area (Å²) in [7, 11) is 0. The Balaban J connectivity index is 1.90. The van der Waals surface area contributed by atoms with Gasteiger partial charge in [0.2, 0.25) is 5.91 Å². The van der Waals surface area contributed by atoms with E-state index < -0.39 is 0 Å². The number of carbonyl (C=O) groups excluding carboxylic acids is 1. The zero-order chi connectivity index (χ0) is 14.4. The maximum Gasteiger partial charge on any atom is 0.238 e. The van der Waals surface area contributed by atoms with Gasteiger partial charge in [0.25, 0.3) is 0 Å². The van der Waals surface area contributed by atoms with Gasteiger partial charge in [0.05, 0.1) is 6.42 Å². The average molecular weight is 291 g/mol. The Morgan fingerprint density at radius 2 is 1.65 bits per heavy atom. The summed E-state index contributed by atoms with van der Waals surface area (Å²) in [5.41, 5.74) is 4.04. The second-order valence-electron chi connectivity index (χ2n) is 4.30. The summed E-state index contributed by atoms with van der Waals surface area (Å²) >= 11 is 5.80. The van der Waals surface area contributed by atoms with Crippen LogP contribution in [0.2, 0.25) is 5.02 Å². The van der Waals surface area contributed by atoms with E-state index in [0.29, 0.717) is 11.6 Å². The van der Waals surface area contributed by atoms with Gasteiger partial charge in [-0.1, -0.05) is 35.9 Å². The zero-order valence-corrected chi connectivity index (χ0v) is 11.6. The fourth-order valence-corrected chi connectivity index (χ4v) is 1.81. The number of carbonyl (C=O) groups is 1. The number of benzene rings is 2. The van der Waals surface area contributed by atoms with Gasteiger partial charge >= 0.3 is 0 Å². The van der Waals surface area contributed by atoms with Gasteiger partial charge in [-0.3, -0.25) is 10.2 Å². The van der Waals surface area contributed by atoms with Crippen LogP contribution in [0.25, 0.3) is 0 Å². The number of hydrazine groups is 1. The van der Waals surface area contributed by atoms with Crippen LogP contribution in [-0.4, -0.2) is 5.91 Å². The van der Waals surface area contributed by atoms with Crippen LogP contribution in [0.1, 0.15) is 11.1 Å². The molecule has 0 fully saturated rings. The molecule has 5 heteroatoms. The quantitative estimate of drug-likeness (QED) is 0.505. The van der Waals surface area contributed by atoms with Crippen LogP contribution in [0, 0.1) is 0 Å². The van der Waals surface area contributed by atoms with E-state index in [0.717, 1.165) is 16.9 Å². The van der Waals surface area contributed by atoms with E-state index in [4.69, 9.17) is 22.2 Å². The lowest BCUT2D eigenvalue weighted by molar-refractivity contribution is -0.120. The van der Waals surface area contributed by atoms with E-state index in [-0.39, 0.29) is 12.3 Å². The molecule has 0 unspecified atom stereocenters. The highest BCUT2D eigenvalue weighted by Gasteiger charge is 2.01. The van der Waals surface area contributed by atoms with Crippen LogP contribution in [0.15, 0.2) is 48.5 Å². The zero-order valence-electron chi connectivity index (χ0n) is 10.8. The van der Waals surface area contributed by atoms with Crippen molar-refractivity contribution in [2.45, 2.75) is 13.0 Å². The van der Waals surface area contributed by atoms with Gasteiger partial charge in [-0.25, -0.2) is 5.84 Å². The fraction of sp³-hybridized carbons (Fsp3) is 0.133. The van der Waals surface area contributed by atoms with Gasteiger partial charge in [0, 0.05) is 5.02 Å². The average Bonchev–Trinajstić information content (AvgIpc) is 2.48. The molecule has 0 spiro atoms. The minimum absolute atomic E-state index is 0.213. The molecule has 2 aromatic carbocycles. The van der Waals surface area contributed by atoms with Crippen molar-refractivity contribution >= 4 is 17.5 Å². The van der Waals surface area contributed by atoms with Gasteiger partial charge in [0.15, 0.2) is 0 Å². The predicted molar refractivity (Wildman–Crippen MR) is 78.3 cm³/mol. The second-order valence-corrected chi connectivity index (χ2v) is 4.74. The van der Waals surface area contributed by atoms with Crippen LogP contribution < -0.4 is 16.0 Å². The molecule has 4 nitrogen and oxygen atoms in total. The van der Waals surface area contributed by atoms with Crippen molar-refractivity contribution in [2.24, 2.45) is 5.84 Å². The number of halogens is 1. The van der Waals surface area contributed by atoms with E-state index in [9.17, 15) is 4.79 Å². The Labute approximate surface area is 122 Å². The predicted octanol–water partition coefficient (Wildman–Crippen LogP) is 2.45. The monoisotopic (exact) mass is 290 g/mol. The van der Waals surface area contributed by atoms with E-state index in [2.05, 4.69) is 5.43 Å². The highest BCUT2D eigenvalue weighted by molar-refractivity contribution is 6.30. The van der Waals surface area contributed by atoms with Gasteiger partial charge < -0.3 is 4.74 Å². The number of rotatable bonds is 5. The summed E-state index contributed by atoms with van der Waals surface area (Å²) in [4.78, 5) is 11.1. The lowest BCUT2D eigenvalue weighted by Gasteiger charge is -2.07. The molecule has 0 aliphatic carbocycles. The summed E-state index contributed by atoms with van der Waals surface area (Å²) in [6, 6.07) is 14.8. The Bertz CT molecular complexity index is 567. The third-order valence-electron chi connectivity index (χ3n) is 2.77. The number of nitrogens with two attached hydrogens (primary N) is 1. The SMILES string of the molecule is NNC(=O)Cc1ccc(COc2ccc(Cl)cc2)cc1. The Hall–Kier alpha value is -2.04. The molecular formula is C15H15ClN2O2. The van der Waals surface area contributed by atoms with Crippen molar-refractivity contribution in [3.8, 4) is 5.75 Å². The molecule has 0 atom stereocenters. The van der Waals surface area contributed by atoms with E-state index in [1.165, 1.54) is 0 Å². The summed E-state index contributed by atoms with van der Waals surface area (Å²) in [6.07, 6.45) is 0.273. The maximum absolute atomic E-state index is 11.1. The van der Waals surface area contributed by atoms with Gasteiger partial charge in [-0.05, 0) is 35.4 Å². The molecule has 0 bridgehead atoms. The number of ether oxygens (including phenoxy) is 1. The molecule has 0 aliphatic heterocycles. The van der Waals surface area contributed by atoms with Gasteiger partial charge in [-0.15, -0.1) is 0 Å². The van der Waals surface area contributed by atoms with Crippen molar-refractivity contribution in [2.75, 3.05) is 0 Å². The summed E-state index contributed by atoms with van der Waals surface area (Å²) < 4.78 is 5.63. The molecule has 0 aromatic heterocycles. The molecule has 0 aliphatic rings. The van der Waals surface area contributed by atoms with Crippen LogP contribution in [0.3, 0.4) is 0 Å². The van der Waals surface area contributed by atoms with Gasteiger partial charge in [0.1, 0.15) is 12.4 Å². The van der Waals surface area contributed by atoms with Crippen molar-refractivity contribution in [1.29, 1.82) is 0 Å². The normalized spacial score (nSPS) is 10.1. The molecule has 20 heavy (non-hydrogen) atoms. The first-order chi connectivity index (χ1) is 9.67.